The monoisotopic (exact) mass is 321 g/mol. The molecule has 0 heterocycles. The van der Waals surface area contributed by atoms with E-state index in [0.717, 1.165) is 0 Å². The molecule has 2 N–H and O–H groups in total. The minimum absolute atomic E-state index is 0.0197. The fourth-order valence-corrected chi connectivity index (χ4v) is 2.02. The van der Waals surface area contributed by atoms with Crippen molar-refractivity contribution in [3.63, 3.8) is 0 Å². The number of halogens is 1. The Morgan fingerprint density at radius 2 is 1.95 bits per heavy atom. The summed E-state index contributed by atoms with van der Waals surface area (Å²) < 4.78 is 5.00. The van der Waals surface area contributed by atoms with Crippen LogP contribution in [0.4, 0.5) is 21.9 Å². The highest BCUT2D eigenvalue weighted by atomic mass is 35.5. The Hall–Kier alpha value is -2.80. The first-order valence-corrected chi connectivity index (χ1v) is 6.54. The second-order valence-corrected chi connectivity index (χ2v) is 4.64. The first-order valence-electron chi connectivity index (χ1n) is 6.16. The molecular formula is C14H12ClN3O4. The average molecular weight is 322 g/mol. The quantitative estimate of drug-likeness (QED) is 0.659. The maximum Gasteiger partial charge on any atom is 0.323 e. The lowest BCUT2D eigenvalue weighted by atomic mass is 10.2. The van der Waals surface area contributed by atoms with Gasteiger partial charge in [-0.1, -0.05) is 23.7 Å². The van der Waals surface area contributed by atoms with Crippen LogP contribution in [-0.2, 0) is 0 Å². The van der Waals surface area contributed by atoms with Gasteiger partial charge < -0.3 is 15.4 Å². The van der Waals surface area contributed by atoms with Gasteiger partial charge in [-0.2, -0.15) is 0 Å². The second-order valence-electron chi connectivity index (χ2n) is 4.20. The summed E-state index contributed by atoms with van der Waals surface area (Å²) in [6.45, 7) is 0. The van der Waals surface area contributed by atoms with E-state index in [0.29, 0.717) is 10.7 Å². The Kier molecular flexibility index (Phi) is 4.80. The lowest BCUT2D eigenvalue weighted by Gasteiger charge is -2.11. The van der Waals surface area contributed by atoms with E-state index in [-0.39, 0.29) is 17.1 Å². The van der Waals surface area contributed by atoms with Crippen LogP contribution in [0.3, 0.4) is 0 Å². The molecule has 0 radical (unpaired) electrons. The maximum atomic E-state index is 12.0. The summed E-state index contributed by atoms with van der Waals surface area (Å²) in [4.78, 5) is 22.3. The van der Waals surface area contributed by atoms with Gasteiger partial charge in [0.2, 0.25) is 5.75 Å². The number of rotatable bonds is 4. The highest BCUT2D eigenvalue weighted by molar-refractivity contribution is 6.30. The van der Waals surface area contributed by atoms with E-state index in [2.05, 4.69) is 10.6 Å². The highest BCUT2D eigenvalue weighted by Gasteiger charge is 2.19. The van der Waals surface area contributed by atoms with Crippen molar-refractivity contribution in [1.29, 1.82) is 0 Å². The minimum atomic E-state index is -0.584. The Labute approximate surface area is 131 Å². The standard InChI is InChI=1S/C14H12ClN3O4/c1-22-13-11(6-3-7-12(13)18(20)21)17-14(19)16-10-5-2-4-9(15)8-10/h2-8H,1H3,(H2,16,17,19). The summed E-state index contributed by atoms with van der Waals surface area (Å²) in [6.07, 6.45) is 0. The number of nitrogens with one attached hydrogen (secondary N) is 2. The molecule has 0 aliphatic rings. The third-order valence-corrected chi connectivity index (χ3v) is 2.96. The van der Waals surface area contributed by atoms with Crippen LogP contribution in [0.5, 0.6) is 5.75 Å². The molecule has 0 aromatic heterocycles. The number of anilines is 2. The number of nitro benzene ring substituents is 1. The number of nitro groups is 1. The van der Waals surface area contributed by atoms with Gasteiger partial charge in [0.1, 0.15) is 0 Å². The molecule has 2 rings (SSSR count). The van der Waals surface area contributed by atoms with Crippen molar-refractivity contribution in [3.05, 3.63) is 57.6 Å². The number of benzene rings is 2. The number of hydrogen-bond acceptors (Lipinski definition) is 4. The van der Waals surface area contributed by atoms with Gasteiger partial charge in [0, 0.05) is 16.8 Å². The van der Waals surface area contributed by atoms with E-state index < -0.39 is 11.0 Å². The fraction of sp³-hybridized carbons (Fsp3) is 0.0714. The Balaban J connectivity index is 2.18. The average Bonchev–Trinajstić information content (AvgIpc) is 2.46. The van der Waals surface area contributed by atoms with Crippen LogP contribution >= 0.6 is 11.6 Å². The van der Waals surface area contributed by atoms with Gasteiger partial charge in [-0.25, -0.2) is 4.79 Å². The molecule has 0 spiro atoms. The number of para-hydroxylation sites is 1. The van der Waals surface area contributed by atoms with Crippen molar-refractivity contribution in [2.75, 3.05) is 17.7 Å². The molecule has 0 saturated heterocycles. The lowest BCUT2D eigenvalue weighted by molar-refractivity contribution is -0.385. The normalized spacial score (nSPS) is 9.91. The zero-order valence-electron chi connectivity index (χ0n) is 11.5. The third-order valence-electron chi connectivity index (χ3n) is 2.73. The van der Waals surface area contributed by atoms with Crippen molar-refractivity contribution in [2.24, 2.45) is 0 Å². The van der Waals surface area contributed by atoms with E-state index >= 15 is 0 Å². The van der Waals surface area contributed by atoms with Crippen LogP contribution in [-0.4, -0.2) is 18.1 Å². The van der Waals surface area contributed by atoms with Crippen LogP contribution < -0.4 is 15.4 Å². The van der Waals surface area contributed by atoms with Gasteiger partial charge in [0.05, 0.1) is 17.7 Å². The SMILES string of the molecule is COc1c(NC(=O)Nc2cccc(Cl)c2)cccc1[N+](=O)[O-]. The molecule has 0 saturated carbocycles. The fourth-order valence-electron chi connectivity index (χ4n) is 1.83. The molecule has 0 bridgehead atoms. The van der Waals surface area contributed by atoms with Crippen molar-refractivity contribution in [3.8, 4) is 5.75 Å². The van der Waals surface area contributed by atoms with Gasteiger partial charge in [0.15, 0.2) is 0 Å². The Bertz CT molecular complexity index is 721. The highest BCUT2D eigenvalue weighted by Crippen LogP contribution is 2.34. The molecule has 0 unspecified atom stereocenters. The zero-order valence-corrected chi connectivity index (χ0v) is 12.3. The number of ether oxygens (including phenoxy) is 1. The summed E-state index contributed by atoms with van der Waals surface area (Å²) in [5, 5.41) is 16.5. The number of methoxy groups -OCH3 is 1. The molecule has 7 nitrogen and oxygen atoms in total. The molecule has 8 heteroatoms. The number of carbonyl (C=O) groups is 1. The van der Waals surface area contributed by atoms with E-state index in [1.165, 1.54) is 25.3 Å². The first kappa shape index (κ1) is 15.6. The smallest absolute Gasteiger partial charge is 0.323 e. The summed E-state index contributed by atoms with van der Waals surface area (Å²) in [6, 6.07) is 10.3. The maximum absolute atomic E-state index is 12.0. The number of hydrogen-bond donors (Lipinski definition) is 2. The zero-order chi connectivity index (χ0) is 16.1. The van der Waals surface area contributed by atoms with Gasteiger partial charge in [-0.15, -0.1) is 0 Å². The predicted octanol–water partition coefficient (Wildman–Crippen LogP) is 3.90. The Morgan fingerprint density at radius 1 is 1.23 bits per heavy atom. The Morgan fingerprint density at radius 3 is 2.59 bits per heavy atom. The molecular weight excluding hydrogens is 310 g/mol. The number of urea groups is 1. The molecule has 22 heavy (non-hydrogen) atoms. The van der Waals surface area contributed by atoms with E-state index in [1.54, 1.807) is 24.3 Å². The van der Waals surface area contributed by atoms with Crippen molar-refractivity contribution < 1.29 is 14.5 Å². The van der Waals surface area contributed by atoms with Crippen LogP contribution in [0.2, 0.25) is 5.02 Å². The summed E-state index contributed by atoms with van der Waals surface area (Å²) >= 11 is 5.83. The van der Waals surface area contributed by atoms with E-state index in [1.807, 2.05) is 0 Å². The first-order chi connectivity index (χ1) is 10.5. The molecule has 0 atom stereocenters. The predicted molar refractivity (Wildman–Crippen MR) is 83.7 cm³/mol. The molecule has 0 aliphatic heterocycles. The van der Waals surface area contributed by atoms with Crippen LogP contribution in [0.15, 0.2) is 42.5 Å². The second kappa shape index (κ2) is 6.77. The van der Waals surface area contributed by atoms with Crippen LogP contribution in [0, 0.1) is 10.1 Å². The van der Waals surface area contributed by atoms with E-state index in [9.17, 15) is 14.9 Å². The topological polar surface area (TPSA) is 93.5 Å². The van der Waals surface area contributed by atoms with Gasteiger partial charge in [-0.05, 0) is 24.3 Å². The van der Waals surface area contributed by atoms with Gasteiger partial charge in [-0.3, -0.25) is 10.1 Å². The molecule has 0 aliphatic carbocycles. The summed E-state index contributed by atoms with van der Waals surface area (Å²) in [5.74, 6) is -0.0197. The van der Waals surface area contributed by atoms with Crippen molar-refractivity contribution in [1.82, 2.24) is 0 Å². The molecule has 114 valence electrons. The number of nitrogens with zero attached hydrogens (tertiary/aromatic N) is 1. The minimum Gasteiger partial charge on any atom is -0.489 e. The van der Waals surface area contributed by atoms with Crippen molar-refractivity contribution in [2.45, 2.75) is 0 Å². The number of carbonyl (C=O) groups excluding carboxylic acids is 1. The summed E-state index contributed by atoms with van der Waals surface area (Å²) in [7, 11) is 1.29. The number of amides is 2. The lowest BCUT2D eigenvalue weighted by Crippen LogP contribution is -2.20. The molecule has 2 amide bonds. The van der Waals surface area contributed by atoms with Gasteiger partial charge in [0.25, 0.3) is 0 Å². The molecule has 0 fully saturated rings. The van der Waals surface area contributed by atoms with E-state index in [4.69, 9.17) is 16.3 Å². The van der Waals surface area contributed by atoms with Crippen LogP contribution in [0.25, 0.3) is 0 Å². The third kappa shape index (κ3) is 3.64. The summed E-state index contributed by atoms with van der Waals surface area (Å²) in [5.41, 5.74) is 0.452. The largest absolute Gasteiger partial charge is 0.489 e. The molecule has 2 aromatic carbocycles. The van der Waals surface area contributed by atoms with Crippen LogP contribution in [0.1, 0.15) is 0 Å². The molecule has 2 aromatic rings. The van der Waals surface area contributed by atoms with Crippen molar-refractivity contribution >= 4 is 34.7 Å². The van der Waals surface area contributed by atoms with Gasteiger partial charge >= 0.3 is 11.7 Å².